The summed E-state index contributed by atoms with van der Waals surface area (Å²) in [5.41, 5.74) is 1.99. The van der Waals surface area contributed by atoms with Crippen molar-refractivity contribution in [2.24, 2.45) is 10.2 Å². The minimum absolute atomic E-state index is 0.0193. The molecule has 4 rings (SSSR count). The fraction of sp³-hybridized carbons (Fsp3) is 0.0455. The third kappa shape index (κ3) is 3.58. The number of benzene rings is 3. The molecule has 0 atom stereocenters. The average molecular weight is 389 g/mol. The highest BCUT2D eigenvalue weighted by Crippen LogP contribution is 2.40. The van der Waals surface area contributed by atoms with Gasteiger partial charge in [0.1, 0.15) is 11.5 Å². The lowest BCUT2D eigenvalue weighted by Gasteiger charge is -2.07. The third-order valence-corrected chi connectivity index (χ3v) is 4.56. The van der Waals surface area contributed by atoms with Crippen molar-refractivity contribution in [2.75, 3.05) is 0 Å². The van der Waals surface area contributed by atoms with Gasteiger partial charge in [0.05, 0.1) is 17.6 Å². The second-order valence-corrected chi connectivity index (χ2v) is 6.42. The van der Waals surface area contributed by atoms with Crippen LogP contribution in [0.4, 0.5) is 15.8 Å². The molecule has 0 aliphatic carbocycles. The van der Waals surface area contributed by atoms with E-state index in [1.54, 1.807) is 41.0 Å². The Morgan fingerprint density at radius 2 is 1.62 bits per heavy atom. The van der Waals surface area contributed by atoms with E-state index < -0.39 is 5.97 Å². The zero-order valence-electron chi connectivity index (χ0n) is 15.2. The van der Waals surface area contributed by atoms with Gasteiger partial charge >= 0.3 is 5.97 Å². The summed E-state index contributed by atoms with van der Waals surface area (Å²) in [6.07, 6.45) is 0. The molecule has 0 unspecified atom stereocenters. The molecular formula is C22H16FN3O3. The summed E-state index contributed by atoms with van der Waals surface area (Å²) >= 11 is 0. The summed E-state index contributed by atoms with van der Waals surface area (Å²) < 4.78 is 14.8. The summed E-state index contributed by atoms with van der Waals surface area (Å²) in [4.78, 5) is 11.4. The van der Waals surface area contributed by atoms with Crippen LogP contribution in [-0.2, 0) is 6.54 Å². The Kier molecular flexibility index (Phi) is 4.78. The van der Waals surface area contributed by atoms with Crippen molar-refractivity contribution in [3.05, 3.63) is 89.7 Å². The number of aromatic carboxylic acids is 1. The number of hydrogen-bond acceptors (Lipinski definition) is 4. The smallest absolute Gasteiger partial charge is 0.337 e. The predicted molar refractivity (Wildman–Crippen MR) is 107 cm³/mol. The number of carboxylic acids is 1. The van der Waals surface area contributed by atoms with Gasteiger partial charge in [-0.05, 0) is 35.9 Å². The number of fused-ring (bicyclic) bond motifs is 1. The standard InChI is InChI=1S/C22H16FN3O3/c23-15-11-9-14(10-12-15)13-26-19-8-4-2-6-17(19)20(21(26)27)25-24-18-7-3-1-5-16(18)22(28)29/h1-12,27H,13H2,(H,28,29). The molecule has 1 aromatic heterocycles. The molecule has 2 N–H and O–H groups in total. The van der Waals surface area contributed by atoms with E-state index >= 15 is 0 Å². The summed E-state index contributed by atoms with van der Waals surface area (Å²) in [6, 6.07) is 19.6. The molecule has 0 fully saturated rings. The van der Waals surface area contributed by atoms with Crippen LogP contribution in [0.5, 0.6) is 5.88 Å². The van der Waals surface area contributed by atoms with Crippen LogP contribution in [0, 0.1) is 5.82 Å². The van der Waals surface area contributed by atoms with Crippen molar-refractivity contribution in [3.8, 4) is 5.88 Å². The van der Waals surface area contributed by atoms with Crippen molar-refractivity contribution in [1.29, 1.82) is 0 Å². The van der Waals surface area contributed by atoms with Crippen LogP contribution in [0.2, 0.25) is 0 Å². The number of hydrogen-bond donors (Lipinski definition) is 2. The minimum atomic E-state index is -1.11. The quantitative estimate of drug-likeness (QED) is 0.433. The fourth-order valence-corrected chi connectivity index (χ4v) is 3.15. The maximum atomic E-state index is 13.2. The van der Waals surface area contributed by atoms with E-state index in [1.807, 2.05) is 18.2 Å². The molecule has 0 radical (unpaired) electrons. The number of rotatable bonds is 5. The summed E-state index contributed by atoms with van der Waals surface area (Å²) in [5, 5.41) is 29.0. The van der Waals surface area contributed by atoms with Crippen molar-refractivity contribution in [3.63, 3.8) is 0 Å². The zero-order chi connectivity index (χ0) is 20.4. The van der Waals surface area contributed by atoms with Crippen LogP contribution in [0.1, 0.15) is 15.9 Å². The molecule has 4 aromatic rings. The van der Waals surface area contributed by atoms with E-state index in [-0.39, 0.29) is 28.6 Å². The highest BCUT2D eigenvalue weighted by molar-refractivity contribution is 5.95. The normalized spacial score (nSPS) is 11.3. The first kappa shape index (κ1) is 18.4. The maximum Gasteiger partial charge on any atom is 0.337 e. The number of para-hydroxylation sites is 1. The van der Waals surface area contributed by atoms with Gasteiger partial charge in [0.2, 0.25) is 5.88 Å². The molecular weight excluding hydrogens is 373 g/mol. The Hall–Kier alpha value is -4.00. The molecule has 0 aliphatic heterocycles. The Balaban J connectivity index is 1.79. The lowest BCUT2D eigenvalue weighted by Crippen LogP contribution is -1.98. The largest absolute Gasteiger partial charge is 0.493 e. The number of aromatic hydroxyl groups is 1. The van der Waals surface area contributed by atoms with Gasteiger partial charge < -0.3 is 14.8 Å². The molecule has 1 heterocycles. The number of carboxylic acid groups (broad SMARTS) is 1. The van der Waals surface area contributed by atoms with E-state index in [9.17, 15) is 19.4 Å². The van der Waals surface area contributed by atoms with Crippen LogP contribution in [-0.4, -0.2) is 20.7 Å². The Morgan fingerprint density at radius 3 is 2.38 bits per heavy atom. The molecule has 0 spiro atoms. The van der Waals surface area contributed by atoms with Gasteiger partial charge in [-0.3, -0.25) is 0 Å². The predicted octanol–water partition coefficient (Wildman–Crippen LogP) is 5.65. The molecule has 144 valence electrons. The Morgan fingerprint density at radius 1 is 0.931 bits per heavy atom. The monoisotopic (exact) mass is 389 g/mol. The Labute approximate surface area is 165 Å². The highest BCUT2D eigenvalue weighted by atomic mass is 19.1. The molecule has 0 aliphatic rings. The number of halogens is 1. The lowest BCUT2D eigenvalue weighted by molar-refractivity contribution is 0.0697. The van der Waals surface area contributed by atoms with Gasteiger partial charge in [-0.25, -0.2) is 9.18 Å². The zero-order valence-corrected chi connectivity index (χ0v) is 15.2. The van der Waals surface area contributed by atoms with Gasteiger partial charge in [0.25, 0.3) is 0 Å². The minimum Gasteiger partial charge on any atom is -0.493 e. The fourth-order valence-electron chi connectivity index (χ4n) is 3.15. The van der Waals surface area contributed by atoms with Gasteiger partial charge in [0.15, 0.2) is 5.69 Å². The summed E-state index contributed by atoms with van der Waals surface area (Å²) in [7, 11) is 0. The number of carbonyl (C=O) groups is 1. The van der Waals surface area contributed by atoms with E-state index in [0.29, 0.717) is 11.9 Å². The van der Waals surface area contributed by atoms with Gasteiger partial charge in [-0.15, -0.1) is 10.2 Å². The lowest BCUT2D eigenvalue weighted by atomic mass is 10.2. The Bertz CT molecular complexity index is 1230. The molecule has 7 heteroatoms. The average Bonchev–Trinajstić information content (AvgIpc) is 2.99. The van der Waals surface area contributed by atoms with Crippen LogP contribution in [0.25, 0.3) is 10.9 Å². The molecule has 0 saturated carbocycles. The van der Waals surface area contributed by atoms with E-state index in [2.05, 4.69) is 10.2 Å². The second kappa shape index (κ2) is 7.55. The van der Waals surface area contributed by atoms with Crippen molar-refractivity contribution < 1.29 is 19.4 Å². The highest BCUT2D eigenvalue weighted by Gasteiger charge is 2.17. The van der Waals surface area contributed by atoms with Crippen LogP contribution < -0.4 is 0 Å². The summed E-state index contributed by atoms with van der Waals surface area (Å²) in [6.45, 7) is 0.313. The number of nitrogens with zero attached hydrogens (tertiary/aromatic N) is 3. The number of azo groups is 1. The van der Waals surface area contributed by atoms with Gasteiger partial charge in [0, 0.05) is 5.39 Å². The molecule has 0 saturated heterocycles. The van der Waals surface area contributed by atoms with Crippen molar-refractivity contribution in [2.45, 2.75) is 6.54 Å². The van der Waals surface area contributed by atoms with Crippen LogP contribution >= 0.6 is 0 Å². The SMILES string of the molecule is O=C(O)c1ccccc1N=Nc1c(O)n(Cc2ccc(F)cc2)c2ccccc12. The number of aromatic nitrogens is 1. The van der Waals surface area contributed by atoms with E-state index in [1.165, 1.54) is 18.2 Å². The van der Waals surface area contributed by atoms with Crippen molar-refractivity contribution in [1.82, 2.24) is 4.57 Å². The maximum absolute atomic E-state index is 13.2. The van der Waals surface area contributed by atoms with E-state index in [4.69, 9.17) is 0 Å². The van der Waals surface area contributed by atoms with E-state index in [0.717, 1.165) is 11.1 Å². The van der Waals surface area contributed by atoms with Gasteiger partial charge in [-0.1, -0.05) is 42.5 Å². The molecule has 6 nitrogen and oxygen atoms in total. The van der Waals surface area contributed by atoms with Crippen molar-refractivity contribution >= 4 is 28.2 Å². The van der Waals surface area contributed by atoms with Crippen LogP contribution in [0.15, 0.2) is 83.0 Å². The third-order valence-electron chi connectivity index (χ3n) is 4.56. The second-order valence-electron chi connectivity index (χ2n) is 6.42. The first-order valence-electron chi connectivity index (χ1n) is 8.83. The molecule has 3 aromatic carbocycles. The van der Waals surface area contributed by atoms with Crippen LogP contribution in [0.3, 0.4) is 0 Å². The topological polar surface area (TPSA) is 87.2 Å². The molecule has 29 heavy (non-hydrogen) atoms. The van der Waals surface area contributed by atoms with Gasteiger partial charge in [-0.2, -0.15) is 0 Å². The molecule has 0 bridgehead atoms. The summed E-state index contributed by atoms with van der Waals surface area (Å²) in [5.74, 6) is -1.54. The molecule has 0 amide bonds. The first-order chi connectivity index (χ1) is 14.0. The first-order valence-corrected chi connectivity index (χ1v) is 8.83.